The maximum absolute atomic E-state index is 12.2. The van der Waals surface area contributed by atoms with E-state index in [-0.39, 0.29) is 23.7 Å². The molecule has 4 rings (SSSR count). The third kappa shape index (κ3) is 4.11. The van der Waals surface area contributed by atoms with Crippen LogP contribution in [0.3, 0.4) is 0 Å². The third-order valence-electron chi connectivity index (χ3n) is 5.49. The molecule has 144 valence electrons. The molecule has 2 N–H and O–H groups in total. The first-order valence-corrected chi connectivity index (χ1v) is 11.4. The van der Waals surface area contributed by atoms with Crippen molar-refractivity contribution in [2.75, 3.05) is 5.75 Å². The molecule has 0 saturated heterocycles. The highest BCUT2D eigenvalue weighted by atomic mass is 32.2. The van der Waals surface area contributed by atoms with Crippen LogP contribution in [0.5, 0.6) is 0 Å². The van der Waals surface area contributed by atoms with Crippen LogP contribution in [0.4, 0.5) is 4.79 Å². The molecule has 3 amide bonds. The Morgan fingerprint density at radius 2 is 2.07 bits per heavy atom. The largest absolute Gasteiger partial charge is 0.335 e. The molecule has 2 heterocycles. The second kappa shape index (κ2) is 8.14. The van der Waals surface area contributed by atoms with E-state index in [4.69, 9.17) is 0 Å². The van der Waals surface area contributed by atoms with E-state index in [1.165, 1.54) is 35.0 Å². The molecule has 0 spiro atoms. The summed E-state index contributed by atoms with van der Waals surface area (Å²) in [5.74, 6) is 0.341. The highest BCUT2D eigenvalue weighted by Crippen LogP contribution is 2.39. The van der Waals surface area contributed by atoms with E-state index < -0.39 is 0 Å². The van der Waals surface area contributed by atoms with Gasteiger partial charge in [0.25, 0.3) is 0 Å². The van der Waals surface area contributed by atoms with Gasteiger partial charge in [0.05, 0.1) is 5.75 Å². The lowest BCUT2D eigenvalue weighted by Crippen LogP contribution is -2.48. The van der Waals surface area contributed by atoms with Crippen LogP contribution in [0.2, 0.25) is 0 Å². The number of hydrogen-bond acceptors (Lipinski definition) is 6. The fraction of sp³-hybridized carbons (Fsp3) is 0.579. The van der Waals surface area contributed by atoms with Crippen LogP contribution in [0.15, 0.2) is 11.4 Å². The molecule has 2 aliphatic rings. The first-order valence-electron chi connectivity index (χ1n) is 9.60. The number of carbonyl (C=O) groups excluding carboxylic acids is 2. The second-order valence-electron chi connectivity index (χ2n) is 7.39. The molecular formula is C19H24N4O2S2. The minimum Gasteiger partial charge on any atom is -0.335 e. The number of thiophene rings is 1. The van der Waals surface area contributed by atoms with Gasteiger partial charge in [0.2, 0.25) is 5.91 Å². The van der Waals surface area contributed by atoms with Gasteiger partial charge in [-0.1, -0.05) is 31.5 Å². The normalized spacial score (nSPS) is 21.8. The topological polar surface area (TPSA) is 84.0 Å². The summed E-state index contributed by atoms with van der Waals surface area (Å²) in [5.41, 5.74) is 1.35. The number of rotatable bonds is 4. The molecule has 0 radical (unpaired) electrons. The number of hydrogen-bond donors (Lipinski definition) is 2. The van der Waals surface area contributed by atoms with E-state index in [0.29, 0.717) is 5.92 Å². The summed E-state index contributed by atoms with van der Waals surface area (Å²) in [4.78, 5) is 35.5. The van der Waals surface area contributed by atoms with Crippen LogP contribution >= 0.6 is 23.1 Å². The summed E-state index contributed by atoms with van der Waals surface area (Å²) in [7, 11) is 0. The van der Waals surface area contributed by atoms with Crippen molar-refractivity contribution >= 4 is 45.3 Å². The number of fused-ring (bicyclic) bond motifs is 3. The lowest BCUT2D eigenvalue weighted by molar-refractivity contribution is -0.117. The van der Waals surface area contributed by atoms with E-state index >= 15 is 0 Å². The standard InChI is InChI=1S/C19H24N4O2S2/c1-11-5-2-3-7-13(11)22-19(25)23-15(24)9-26-17-16-12-6-4-8-14(12)27-18(16)21-10-20-17/h10-11,13H,2-9H2,1H3,(H2,22,23,24,25)/t11-,13-/m1/s1. The van der Waals surface area contributed by atoms with Gasteiger partial charge in [-0.15, -0.1) is 11.3 Å². The Bertz CT molecular complexity index is 867. The van der Waals surface area contributed by atoms with Crippen molar-refractivity contribution in [1.82, 2.24) is 20.6 Å². The lowest BCUT2D eigenvalue weighted by atomic mass is 9.86. The predicted molar refractivity (Wildman–Crippen MR) is 108 cm³/mol. The first kappa shape index (κ1) is 18.7. The van der Waals surface area contributed by atoms with Crippen LogP contribution in [-0.2, 0) is 17.6 Å². The molecule has 0 bridgehead atoms. The summed E-state index contributed by atoms with van der Waals surface area (Å²) in [6.07, 6.45) is 9.38. The van der Waals surface area contributed by atoms with Gasteiger partial charge in [-0.3, -0.25) is 10.1 Å². The molecule has 0 unspecified atom stereocenters. The molecule has 8 heteroatoms. The molecule has 2 aromatic heterocycles. The number of amides is 3. The molecule has 0 aliphatic heterocycles. The van der Waals surface area contributed by atoms with Crippen molar-refractivity contribution in [3.8, 4) is 0 Å². The smallest absolute Gasteiger partial charge is 0.321 e. The van der Waals surface area contributed by atoms with E-state index in [1.807, 2.05) is 0 Å². The van der Waals surface area contributed by atoms with Crippen molar-refractivity contribution < 1.29 is 9.59 Å². The Kier molecular flexibility index (Phi) is 5.63. The van der Waals surface area contributed by atoms with Crippen molar-refractivity contribution in [3.05, 3.63) is 16.8 Å². The van der Waals surface area contributed by atoms with Crippen LogP contribution in [0, 0.1) is 5.92 Å². The highest BCUT2D eigenvalue weighted by molar-refractivity contribution is 8.00. The van der Waals surface area contributed by atoms with E-state index in [1.54, 1.807) is 17.7 Å². The number of aromatic nitrogens is 2. The van der Waals surface area contributed by atoms with E-state index in [9.17, 15) is 9.59 Å². The zero-order valence-corrected chi connectivity index (χ0v) is 17.0. The van der Waals surface area contributed by atoms with Crippen molar-refractivity contribution in [3.63, 3.8) is 0 Å². The van der Waals surface area contributed by atoms with E-state index in [2.05, 4.69) is 27.5 Å². The molecule has 2 aromatic rings. The summed E-state index contributed by atoms with van der Waals surface area (Å²) in [5, 5.41) is 7.36. The maximum atomic E-state index is 12.2. The number of nitrogens with one attached hydrogen (secondary N) is 2. The van der Waals surface area contributed by atoms with Crippen LogP contribution in [-0.4, -0.2) is 33.7 Å². The fourth-order valence-electron chi connectivity index (χ4n) is 4.04. The monoisotopic (exact) mass is 404 g/mol. The molecule has 2 aliphatic carbocycles. The average molecular weight is 405 g/mol. The summed E-state index contributed by atoms with van der Waals surface area (Å²) in [6.45, 7) is 2.15. The van der Waals surface area contributed by atoms with Gasteiger partial charge in [0.1, 0.15) is 16.2 Å². The van der Waals surface area contributed by atoms with Gasteiger partial charge >= 0.3 is 6.03 Å². The minimum absolute atomic E-state index is 0.161. The lowest BCUT2D eigenvalue weighted by Gasteiger charge is -2.29. The van der Waals surface area contributed by atoms with Crippen molar-refractivity contribution in [2.24, 2.45) is 5.92 Å². The number of urea groups is 1. The van der Waals surface area contributed by atoms with Crippen molar-refractivity contribution in [2.45, 2.75) is 62.9 Å². The summed E-state index contributed by atoms with van der Waals surface area (Å²) < 4.78 is 0. The zero-order valence-electron chi connectivity index (χ0n) is 15.4. The van der Waals surface area contributed by atoms with Gasteiger partial charge < -0.3 is 5.32 Å². The molecule has 27 heavy (non-hydrogen) atoms. The predicted octanol–water partition coefficient (Wildman–Crippen LogP) is 3.68. The van der Waals surface area contributed by atoms with Gasteiger partial charge in [-0.05, 0) is 43.6 Å². The van der Waals surface area contributed by atoms with Gasteiger partial charge in [0, 0.05) is 16.3 Å². The van der Waals surface area contributed by atoms with Crippen molar-refractivity contribution in [1.29, 1.82) is 0 Å². The van der Waals surface area contributed by atoms with Gasteiger partial charge in [0.15, 0.2) is 0 Å². The minimum atomic E-state index is -0.386. The fourth-order valence-corrected chi connectivity index (χ4v) is 6.16. The Hall–Kier alpha value is -1.67. The van der Waals surface area contributed by atoms with E-state index in [0.717, 1.165) is 47.3 Å². The molecule has 2 atom stereocenters. The summed E-state index contributed by atoms with van der Waals surface area (Å²) in [6, 6.07) is -0.224. The zero-order chi connectivity index (χ0) is 18.8. The molecule has 1 saturated carbocycles. The quantitative estimate of drug-likeness (QED) is 0.600. The van der Waals surface area contributed by atoms with Crippen LogP contribution in [0.1, 0.15) is 49.5 Å². The number of aryl methyl sites for hydroxylation is 2. The number of carbonyl (C=O) groups is 2. The number of nitrogens with zero attached hydrogens (tertiary/aromatic N) is 2. The Balaban J connectivity index is 1.34. The maximum Gasteiger partial charge on any atom is 0.321 e. The van der Waals surface area contributed by atoms with Gasteiger partial charge in [-0.25, -0.2) is 14.8 Å². The second-order valence-corrected chi connectivity index (χ2v) is 9.44. The van der Waals surface area contributed by atoms with Gasteiger partial charge in [-0.2, -0.15) is 0 Å². The van der Waals surface area contributed by atoms with Crippen LogP contribution in [0.25, 0.3) is 10.2 Å². The molecule has 6 nitrogen and oxygen atoms in total. The Labute approximate surface area is 166 Å². The Morgan fingerprint density at radius 3 is 2.93 bits per heavy atom. The summed E-state index contributed by atoms with van der Waals surface area (Å²) >= 11 is 3.12. The number of imide groups is 1. The number of thioether (sulfide) groups is 1. The average Bonchev–Trinajstić information content (AvgIpc) is 3.23. The Morgan fingerprint density at radius 1 is 1.22 bits per heavy atom. The van der Waals surface area contributed by atoms with Crippen LogP contribution < -0.4 is 10.6 Å². The highest BCUT2D eigenvalue weighted by Gasteiger charge is 2.24. The SMILES string of the molecule is C[C@@H]1CCCC[C@H]1NC(=O)NC(=O)CSc1ncnc2sc3c(c12)CCC3. The molecule has 0 aromatic carbocycles. The molecule has 1 fully saturated rings. The third-order valence-corrected chi connectivity index (χ3v) is 7.68. The molecular weight excluding hydrogens is 380 g/mol. The first-order chi connectivity index (χ1) is 13.1.